The summed E-state index contributed by atoms with van der Waals surface area (Å²) >= 11 is 14.7. The van der Waals surface area contributed by atoms with E-state index in [2.05, 4.69) is 5.32 Å². The summed E-state index contributed by atoms with van der Waals surface area (Å²) in [5, 5.41) is 24.6. The molecule has 0 saturated heterocycles. The van der Waals surface area contributed by atoms with Crippen LogP contribution in [0, 0.1) is 9.49 Å². The van der Waals surface area contributed by atoms with Crippen LogP contribution in [0.15, 0.2) is 42.0 Å². The maximum atomic E-state index is 14.0. The summed E-state index contributed by atoms with van der Waals surface area (Å²) in [5.41, 5.74) is 1.34. The smallest absolute Gasteiger partial charge is 0.247 e. The summed E-state index contributed by atoms with van der Waals surface area (Å²) in [6.07, 6.45) is 4.38. The number of nitrogens with one attached hydrogen (secondary N) is 1. The third-order valence-electron chi connectivity index (χ3n) is 7.87. The van der Waals surface area contributed by atoms with Crippen LogP contribution in [0.2, 0.25) is 10.0 Å². The Morgan fingerprint density at radius 1 is 1.19 bits per heavy atom. The Bertz CT molecular complexity index is 1370. The van der Waals surface area contributed by atoms with Gasteiger partial charge in [0.1, 0.15) is 18.5 Å². The second-order valence-corrected chi connectivity index (χ2v) is 12.8. The van der Waals surface area contributed by atoms with E-state index in [1.165, 1.54) is 19.3 Å². The summed E-state index contributed by atoms with van der Waals surface area (Å²) in [6.45, 7) is -0.112. The molecule has 9 nitrogen and oxygen atoms in total. The van der Waals surface area contributed by atoms with Crippen LogP contribution in [-0.4, -0.2) is 71.7 Å². The number of ether oxygens (including phenoxy) is 2. The monoisotopic (exact) mass is 744 g/mol. The number of aldehydes is 1. The molecule has 0 aliphatic heterocycles. The van der Waals surface area contributed by atoms with Crippen LogP contribution in [0.5, 0.6) is 11.5 Å². The largest absolute Gasteiger partial charge is 0.493 e. The molecule has 2 aliphatic rings. The predicted molar refractivity (Wildman–Crippen MR) is 172 cm³/mol. The Hall–Kier alpha value is -2.38. The Kier molecular flexibility index (Phi) is 12.1. The zero-order chi connectivity index (χ0) is 31.1. The molecule has 2 amide bonds. The topological polar surface area (TPSA) is 125 Å². The number of rotatable bonds is 12. The summed E-state index contributed by atoms with van der Waals surface area (Å²) in [7, 11) is 1.44. The van der Waals surface area contributed by atoms with Crippen molar-refractivity contribution in [3.05, 3.63) is 66.7 Å². The van der Waals surface area contributed by atoms with E-state index in [4.69, 9.17) is 32.7 Å². The van der Waals surface area contributed by atoms with Gasteiger partial charge in [0.25, 0.3) is 0 Å². The number of aliphatic hydroxyl groups excluding tert-OH is 2. The molecule has 3 atom stereocenters. The summed E-state index contributed by atoms with van der Waals surface area (Å²) in [6, 6.07) is 7.34. The zero-order valence-corrected chi connectivity index (χ0v) is 27.4. The molecule has 43 heavy (non-hydrogen) atoms. The molecule has 1 fully saturated rings. The molecule has 0 heterocycles. The van der Waals surface area contributed by atoms with Crippen LogP contribution >= 0.6 is 45.8 Å². The lowest BCUT2D eigenvalue weighted by atomic mass is 9.87. The minimum atomic E-state index is -1.24. The lowest BCUT2D eigenvalue weighted by molar-refractivity contribution is -0.140. The molecular formula is C31H35Cl2IN2O7. The van der Waals surface area contributed by atoms with Gasteiger partial charge in [-0.2, -0.15) is 0 Å². The second kappa shape index (κ2) is 15.6. The molecule has 0 spiro atoms. The van der Waals surface area contributed by atoms with Crippen molar-refractivity contribution >= 4 is 63.9 Å². The number of hydrogen-bond acceptors (Lipinski definition) is 7. The summed E-state index contributed by atoms with van der Waals surface area (Å²) < 4.78 is 12.3. The van der Waals surface area contributed by atoms with Gasteiger partial charge in [-0.3, -0.25) is 14.4 Å². The van der Waals surface area contributed by atoms with Crippen molar-refractivity contribution in [3.63, 3.8) is 0 Å². The fraction of sp³-hybridized carbons (Fsp3) is 0.452. The number of methoxy groups -OCH3 is 1. The Labute approximate surface area is 274 Å². The number of halogens is 3. The fourth-order valence-corrected chi connectivity index (χ4v) is 6.86. The summed E-state index contributed by atoms with van der Waals surface area (Å²) in [5.74, 6) is 0.221. The van der Waals surface area contributed by atoms with Crippen molar-refractivity contribution in [3.8, 4) is 11.5 Å². The maximum absolute atomic E-state index is 14.0. The standard InChI is InChI=1S/C31H35Cl2IN2O7/c1-42-27-11-19(17-38)10-24(34)30(27)43-26-14-21(31(41)35-8-9-37)13-25(29(26)40)36(28(39)12-18-4-2-3-5-18)16-20-6-7-22(32)15-23(20)33/h6-7,10-11,14-15,17-18,25-26,29,37,40H,2-5,8-9,12-13,16H2,1H3,(H,35,41)/t25-,26+,29+/m1/s1. The third-order valence-corrected chi connectivity index (χ3v) is 9.26. The first-order valence-electron chi connectivity index (χ1n) is 14.2. The van der Waals surface area contributed by atoms with Crippen molar-refractivity contribution in [1.29, 1.82) is 0 Å². The van der Waals surface area contributed by atoms with Gasteiger partial charge in [-0.1, -0.05) is 42.1 Å². The molecule has 232 valence electrons. The van der Waals surface area contributed by atoms with Crippen LogP contribution in [0.3, 0.4) is 0 Å². The number of hydrogen-bond donors (Lipinski definition) is 3. The van der Waals surface area contributed by atoms with Gasteiger partial charge in [-0.05, 0) is 77.3 Å². The molecule has 3 N–H and O–H groups in total. The first-order chi connectivity index (χ1) is 20.6. The highest BCUT2D eigenvalue weighted by Gasteiger charge is 2.41. The van der Waals surface area contributed by atoms with E-state index in [1.807, 2.05) is 22.6 Å². The molecule has 1 saturated carbocycles. The van der Waals surface area contributed by atoms with Gasteiger partial charge in [-0.25, -0.2) is 0 Å². The van der Waals surface area contributed by atoms with Gasteiger partial charge >= 0.3 is 0 Å². The molecule has 0 unspecified atom stereocenters. The molecule has 2 aromatic carbocycles. The molecule has 0 bridgehead atoms. The SMILES string of the molecule is COc1cc(C=O)cc(I)c1O[C@H]1C=C(C(=O)NCCO)C[C@@H](N(Cc2ccc(Cl)cc2Cl)C(=O)CC2CCCC2)[C@@H]1O. The highest BCUT2D eigenvalue weighted by molar-refractivity contribution is 14.1. The Balaban J connectivity index is 1.73. The van der Waals surface area contributed by atoms with E-state index < -0.39 is 24.2 Å². The number of benzene rings is 2. The van der Waals surface area contributed by atoms with Crippen molar-refractivity contribution in [1.82, 2.24) is 10.2 Å². The Morgan fingerprint density at radius 2 is 1.93 bits per heavy atom. The number of aliphatic hydroxyl groups is 2. The van der Waals surface area contributed by atoms with E-state index in [9.17, 15) is 24.6 Å². The summed E-state index contributed by atoms with van der Waals surface area (Å²) in [4.78, 5) is 40.1. The number of nitrogens with zero attached hydrogens (tertiary/aromatic N) is 1. The van der Waals surface area contributed by atoms with Gasteiger partial charge in [0.2, 0.25) is 11.8 Å². The number of amides is 2. The third kappa shape index (κ3) is 8.42. The van der Waals surface area contributed by atoms with E-state index >= 15 is 0 Å². The molecule has 0 aromatic heterocycles. The first kappa shape index (κ1) is 33.5. The molecular weight excluding hydrogens is 710 g/mol. The minimum absolute atomic E-state index is 0.0402. The van der Waals surface area contributed by atoms with Gasteiger partial charge in [-0.15, -0.1) is 0 Å². The minimum Gasteiger partial charge on any atom is -0.493 e. The number of carbonyl (C=O) groups is 3. The average Bonchev–Trinajstić information content (AvgIpc) is 3.50. The number of carbonyl (C=O) groups excluding carboxylic acids is 3. The predicted octanol–water partition coefficient (Wildman–Crippen LogP) is 4.94. The van der Waals surface area contributed by atoms with E-state index in [0.717, 1.165) is 25.7 Å². The highest BCUT2D eigenvalue weighted by atomic mass is 127. The average molecular weight is 745 g/mol. The van der Waals surface area contributed by atoms with Crippen LogP contribution in [0.1, 0.15) is 54.4 Å². The van der Waals surface area contributed by atoms with E-state index in [1.54, 1.807) is 29.2 Å². The Morgan fingerprint density at radius 3 is 2.58 bits per heavy atom. The fourth-order valence-electron chi connectivity index (χ4n) is 5.64. The van der Waals surface area contributed by atoms with Crippen LogP contribution in [-0.2, 0) is 16.1 Å². The molecule has 12 heteroatoms. The lowest BCUT2D eigenvalue weighted by Gasteiger charge is -2.41. The molecule has 0 radical (unpaired) electrons. The van der Waals surface area contributed by atoms with Crippen molar-refractivity contribution in [2.75, 3.05) is 20.3 Å². The quantitative estimate of drug-likeness (QED) is 0.208. The van der Waals surface area contributed by atoms with Gasteiger partial charge in [0, 0.05) is 47.1 Å². The van der Waals surface area contributed by atoms with E-state index in [0.29, 0.717) is 43.0 Å². The lowest BCUT2D eigenvalue weighted by Crippen LogP contribution is -2.55. The second-order valence-electron chi connectivity index (χ2n) is 10.8. The van der Waals surface area contributed by atoms with Crippen molar-refractivity contribution in [2.45, 2.75) is 63.3 Å². The van der Waals surface area contributed by atoms with Crippen molar-refractivity contribution < 1.29 is 34.1 Å². The van der Waals surface area contributed by atoms with Crippen molar-refractivity contribution in [2.24, 2.45) is 5.92 Å². The van der Waals surface area contributed by atoms with Crippen LogP contribution in [0.4, 0.5) is 0 Å². The zero-order valence-electron chi connectivity index (χ0n) is 23.7. The molecule has 2 aromatic rings. The van der Waals surface area contributed by atoms with Gasteiger partial charge in [0.05, 0.1) is 23.3 Å². The van der Waals surface area contributed by atoms with E-state index in [-0.39, 0.29) is 49.4 Å². The van der Waals surface area contributed by atoms with Crippen LogP contribution < -0.4 is 14.8 Å². The van der Waals surface area contributed by atoms with Gasteiger partial charge < -0.3 is 29.9 Å². The highest BCUT2D eigenvalue weighted by Crippen LogP contribution is 2.38. The normalized spacial score (nSPS) is 20.3. The van der Waals surface area contributed by atoms with Crippen LogP contribution in [0.25, 0.3) is 0 Å². The molecule has 4 rings (SSSR count). The first-order valence-corrected chi connectivity index (χ1v) is 16.0. The van der Waals surface area contributed by atoms with Gasteiger partial charge in [0.15, 0.2) is 11.5 Å². The maximum Gasteiger partial charge on any atom is 0.247 e. The molecule has 2 aliphatic carbocycles.